The molecule has 5 atom stereocenters. The van der Waals surface area contributed by atoms with Gasteiger partial charge in [0.1, 0.15) is 0 Å². The summed E-state index contributed by atoms with van der Waals surface area (Å²) in [7, 11) is 1.71. The topological polar surface area (TPSA) is 90.4 Å². The molecule has 9 nitrogen and oxygen atoms in total. The van der Waals surface area contributed by atoms with E-state index in [1.165, 1.54) is 0 Å². The number of nitrogens with zero attached hydrogens (tertiary/aromatic N) is 3. The van der Waals surface area contributed by atoms with Crippen LogP contribution in [0.4, 0.5) is 18.0 Å². The normalized spacial score (nSPS) is 31.5. The van der Waals surface area contributed by atoms with Crippen LogP contribution in [0.1, 0.15) is 55.3 Å². The molecule has 0 radical (unpaired) electrons. The van der Waals surface area contributed by atoms with E-state index in [1.807, 2.05) is 0 Å². The van der Waals surface area contributed by atoms with Gasteiger partial charge in [0.05, 0.1) is 30.3 Å². The van der Waals surface area contributed by atoms with Crippen LogP contribution in [-0.4, -0.2) is 92.7 Å². The number of pyridine rings is 1. The van der Waals surface area contributed by atoms with E-state index in [9.17, 15) is 22.8 Å². The molecule has 4 aliphatic heterocycles. The number of halogens is 3. The second-order valence-corrected chi connectivity index (χ2v) is 13.1. The lowest BCUT2D eigenvalue weighted by Gasteiger charge is -2.37. The van der Waals surface area contributed by atoms with Gasteiger partial charge in [0.25, 0.3) is 0 Å². The molecule has 0 bridgehead atoms. The highest BCUT2D eigenvalue weighted by Gasteiger charge is 2.60. The Morgan fingerprint density at radius 2 is 1.91 bits per heavy atom. The summed E-state index contributed by atoms with van der Waals surface area (Å²) in [6, 6.07) is 1.12. The number of amides is 2. The van der Waals surface area contributed by atoms with E-state index in [2.05, 4.69) is 4.98 Å². The predicted molar refractivity (Wildman–Crippen MR) is 148 cm³/mol. The SMILES string of the molecule is COC1COCCC1C[C@@H]1C[C@H]2CN(C(=O)OCC3CCOCC3)C[C@@]2(C(=O)N2CCc3ncc(C(F)(F)F)cc3C2)C1. The highest BCUT2D eigenvalue weighted by Crippen LogP contribution is 2.54. The summed E-state index contributed by atoms with van der Waals surface area (Å²) in [6.45, 7) is 4.13. The Hall–Kier alpha value is -2.44. The zero-order valence-electron chi connectivity index (χ0n) is 24.8. The second-order valence-electron chi connectivity index (χ2n) is 13.1. The van der Waals surface area contributed by atoms with E-state index in [0.29, 0.717) is 76.1 Å². The summed E-state index contributed by atoms with van der Waals surface area (Å²) in [6.07, 6.45) is 1.39. The smallest absolute Gasteiger partial charge is 0.417 e. The molecule has 1 saturated carbocycles. The van der Waals surface area contributed by atoms with Crippen molar-refractivity contribution in [3.05, 3.63) is 29.1 Å². The van der Waals surface area contributed by atoms with Crippen molar-refractivity contribution in [2.75, 3.05) is 59.8 Å². The highest BCUT2D eigenvalue weighted by molar-refractivity contribution is 5.85. The van der Waals surface area contributed by atoms with Gasteiger partial charge in [0.2, 0.25) is 5.91 Å². The van der Waals surface area contributed by atoms with E-state index in [-0.39, 0.29) is 42.9 Å². The Morgan fingerprint density at radius 1 is 1.12 bits per heavy atom. The van der Waals surface area contributed by atoms with Crippen LogP contribution in [-0.2, 0) is 42.9 Å². The number of rotatable bonds is 6. The number of aromatic nitrogens is 1. The lowest BCUT2D eigenvalue weighted by atomic mass is 9.78. The number of alkyl halides is 3. The fraction of sp³-hybridized carbons (Fsp3) is 0.774. The standard InChI is InChI=1S/C31H42F3N3O6/c1-40-27-18-42-9-5-22(27)10-21-11-25-16-37(29(39)43-17-20-3-7-41-8-4-20)19-30(25,13-21)28(38)36-6-2-26-23(15-36)12-24(14-35-26)31(32,33)34/h12,14,20-22,25,27H,2-11,13,15-19H2,1H3/t21-,22?,25+,27?,30+/m1/s1. The molecule has 5 aliphatic rings. The van der Waals surface area contributed by atoms with Crippen LogP contribution in [0.15, 0.2) is 12.3 Å². The maximum absolute atomic E-state index is 14.5. The third kappa shape index (κ3) is 6.38. The Kier molecular flexibility index (Phi) is 8.90. The largest absolute Gasteiger partial charge is 0.449 e. The zero-order valence-corrected chi connectivity index (χ0v) is 24.8. The van der Waals surface area contributed by atoms with Gasteiger partial charge in [-0.3, -0.25) is 9.78 Å². The van der Waals surface area contributed by atoms with Crippen LogP contribution in [0.3, 0.4) is 0 Å². The summed E-state index contributed by atoms with van der Waals surface area (Å²) >= 11 is 0. The van der Waals surface area contributed by atoms with E-state index in [1.54, 1.807) is 16.9 Å². The minimum absolute atomic E-state index is 0.0198. The first-order chi connectivity index (χ1) is 20.7. The van der Waals surface area contributed by atoms with E-state index < -0.39 is 23.2 Å². The molecule has 1 aliphatic carbocycles. The van der Waals surface area contributed by atoms with Crippen LogP contribution in [0.25, 0.3) is 0 Å². The monoisotopic (exact) mass is 609 g/mol. The van der Waals surface area contributed by atoms with E-state index >= 15 is 0 Å². The molecular weight excluding hydrogens is 567 g/mol. The first-order valence-electron chi connectivity index (χ1n) is 15.6. The molecule has 2 amide bonds. The van der Waals surface area contributed by atoms with Gasteiger partial charge < -0.3 is 28.7 Å². The van der Waals surface area contributed by atoms with Crippen LogP contribution < -0.4 is 0 Å². The summed E-state index contributed by atoms with van der Waals surface area (Å²) in [4.78, 5) is 35.2. The lowest BCUT2D eigenvalue weighted by molar-refractivity contribution is -0.144. The van der Waals surface area contributed by atoms with Gasteiger partial charge in [-0.1, -0.05) is 0 Å². The molecule has 3 saturated heterocycles. The number of likely N-dealkylation sites (tertiary alicyclic amines) is 1. The number of ether oxygens (including phenoxy) is 4. The molecule has 0 aromatic carbocycles. The van der Waals surface area contributed by atoms with Crippen molar-refractivity contribution in [1.82, 2.24) is 14.8 Å². The van der Waals surface area contributed by atoms with E-state index in [4.69, 9.17) is 18.9 Å². The van der Waals surface area contributed by atoms with E-state index in [0.717, 1.165) is 44.4 Å². The van der Waals surface area contributed by atoms with Crippen LogP contribution in [0.5, 0.6) is 0 Å². The average molecular weight is 610 g/mol. The fourth-order valence-electron chi connectivity index (χ4n) is 8.13. The first-order valence-corrected chi connectivity index (χ1v) is 15.6. The van der Waals surface area contributed by atoms with Gasteiger partial charge >= 0.3 is 12.3 Å². The third-order valence-corrected chi connectivity index (χ3v) is 10.5. The van der Waals surface area contributed by atoms with Gasteiger partial charge in [0, 0.05) is 71.4 Å². The number of hydrogen-bond donors (Lipinski definition) is 0. The molecule has 43 heavy (non-hydrogen) atoms. The molecule has 0 spiro atoms. The van der Waals surface area contributed by atoms with Gasteiger partial charge in [-0.25, -0.2) is 4.79 Å². The predicted octanol–water partition coefficient (Wildman–Crippen LogP) is 4.32. The number of methoxy groups -OCH3 is 1. The van der Waals surface area contributed by atoms with Crippen molar-refractivity contribution in [3.8, 4) is 0 Å². The molecule has 1 aromatic rings. The maximum Gasteiger partial charge on any atom is 0.417 e. The summed E-state index contributed by atoms with van der Waals surface area (Å²) in [5.41, 5.74) is -0.554. The molecule has 0 N–H and O–H groups in total. The van der Waals surface area contributed by atoms with Gasteiger partial charge in [-0.2, -0.15) is 13.2 Å². The number of fused-ring (bicyclic) bond motifs is 2. The molecule has 2 unspecified atom stereocenters. The molecule has 12 heteroatoms. The second kappa shape index (κ2) is 12.5. The van der Waals surface area contributed by atoms with Gasteiger partial charge in [0.15, 0.2) is 0 Å². The third-order valence-electron chi connectivity index (χ3n) is 10.5. The quantitative estimate of drug-likeness (QED) is 0.475. The number of carbonyl (C=O) groups is 2. The molecule has 5 heterocycles. The van der Waals surface area contributed by atoms with Gasteiger partial charge in [-0.15, -0.1) is 0 Å². The summed E-state index contributed by atoms with van der Waals surface area (Å²) in [5.74, 6) is 0.784. The molecular formula is C31H42F3N3O6. The molecule has 238 valence electrons. The molecule has 6 rings (SSSR count). The van der Waals surface area contributed by atoms with Crippen molar-refractivity contribution < 1.29 is 41.7 Å². The van der Waals surface area contributed by atoms with Gasteiger partial charge in [-0.05, 0) is 73.8 Å². The Labute approximate surface area is 250 Å². The lowest BCUT2D eigenvalue weighted by Crippen LogP contribution is -2.49. The fourth-order valence-corrected chi connectivity index (χ4v) is 8.13. The van der Waals surface area contributed by atoms with Crippen LogP contribution >= 0.6 is 0 Å². The Balaban J connectivity index is 1.19. The minimum Gasteiger partial charge on any atom is -0.449 e. The van der Waals surface area contributed by atoms with Crippen molar-refractivity contribution in [2.45, 2.75) is 63.8 Å². The molecule has 4 fully saturated rings. The molecule has 1 aromatic heterocycles. The van der Waals surface area contributed by atoms with Crippen molar-refractivity contribution in [1.29, 1.82) is 0 Å². The average Bonchev–Trinajstić information content (AvgIpc) is 3.54. The number of hydrogen-bond acceptors (Lipinski definition) is 7. The maximum atomic E-state index is 14.5. The Bertz CT molecular complexity index is 1180. The van der Waals surface area contributed by atoms with Crippen molar-refractivity contribution in [3.63, 3.8) is 0 Å². The van der Waals surface area contributed by atoms with Crippen molar-refractivity contribution >= 4 is 12.0 Å². The zero-order chi connectivity index (χ0) is 30.2. The first kappa shape index (κ1) is 30.6. The van der Waals surface area contributed by atoms with Crippen molar-refractivity contribution in [2.24, 2.45) is 29.1 Å². The van der Waals surface area contributed by atoms with Crippen LogP contribution in [0.2, 0.25) is 0 Å². The highest BCUT2D eigenvalue weighted by atomic mass is 19.4. The Morgan fingerprint density at radius 3 is 2.67 bits per heavy atom. The van der Waals surface area contributed by atoms with Crippen LogP contribution in [0, 0.1) is 29.1 Å². The summed E-state index contributed by atoms with van der Waals surface area (Å²) < 4.78 is 62.8. The minimum atomic E-state index is -4.50. The number of carbonyl (C=O) groups excluding carboxylic acids is 2. The summed E-state index contributed by atoms with van der Waals surface area (Å²) in [5, 5.41) is 0.